The summed E-state index contributed by atoms with van der Waals surface area (Å²) < 4.78 is 1.38. The van der Waals surface area contributed by atoms with Crippen LogP contribution in [0.4, 0.5) is 0 Å². The Morgan fingerprint density at radius 2 is 1.94 bits per heavy atom. The molecule has 3 heterocycles. The molecule has 0 saturated heterocycles. The van der Waals surface area contributed by atoms with Gasteiger partial charge in [0.25, 0.3) is 5.56 Å². The van der Waals surface area contributed by atoms with E-state index in [1.807, 2.05) is 0 Å². The van der Waals surface area contributed by atoms with Crippen LogP contribution >= 0.6 is 0 Å². The van der Waals surface area contributed by atoms with Crippen molar-refractivity contribution in [1.29, 1.82) is 0 Å². The molecule has 0 fully saturated rings. The minimum atomic E-state index is -0.336. The zero-order valence-corrected chi connectivity index (χ0v) is 9.32. The van der Waals surface area contributed by atoms with Gasteiger partial charge in [0.15, 0.2) is 0 Å². The van der Waals surface area contributed by atoms with Crippen LogP contribution in [0, 0.1) is 0 Å². The molecule has 0 spiro atoms. The van der Waals surface area contributed by atoms with Gasteiger partial charge in [-0.15, -0.1) is 0 Å². The maximum absolute atomic E-state index is 12.3. The number of aromatic nitrogens is 3. The fourth-order valence-corrected chi connectivity index (χ4v) is 1.81. The molecule has 0 radical (unpaired) electrons. The van der Waals surface area contributed by atoms with E-state index in [0.717, 1.165) is 0 Å². The quantitative estimate of drug-likeness (QED) is 0.698. The van der Waals surface area contributed by atoms with E-state index in [0.29, 0.717) is 11.3 Å². The van der Waals surface area contributed by atoms with E-state index in [4.69, 9.17) is 0 Å². The van der Waals surface area contributed by atoms with Crippen molar-refractivity contribution in [2.24, 2.45) is 0 Å². The number of hydrogen-bond donors (Lipinski definition) is 1. The smallest absolute Gasteiger partial charge is 0.271 e. The van der Waals surface area contributed by atoms with Crippen LogP contribution in [0.15, 0.2) is 53.6 Å². The fourth-order valence-electron chi connectivity index (χ4n) is 1.81. The van der Waals surface area contributed by atoms with Crippen molar-refractivity contribution in [2.75, 3.05) is 0 Å². The lowest BCUT2D eigenvalue weighted by molar-refractivity contribution is 0.455. The highest BCUT2D eigenvalue weighted by Gasteiger charge is 2.14. The Morgan fingerprint density at radius 3 is 2.72 bits per heavy atom. The van der Waals surface area contributed by atoms with Crippen molar-refractivity contribution in [3.63, 3.8) is 0 Å². The number of fused-ring (bicyclic) bond motifs is 1. The van der Waals surface area contributed by atoms with Gasteiger partial charge >= 0.3 is 0 Å². The molecule has 5 nitrogen and oxygen atoms in total. The molecule has 0 bridgehead atoms. The van der Waals surface area contributed by atoms with E-state index in [1.54, 1.807) is 48.8 Å². The highest BCUT2D eigenvalue weighted by molar-refractivity contribution is 5.65. The molecule has 0 saturated carbocycles. The summed E-state index contributed by atoms with van der Waals surface area (Å²) in [5.41, 5.74) is 0.585. The molecule has 18 heavy (non-hydrogen) atoms. The second-order valence-corrected chi connectivity index (χ2v) is 3.76. The van der Waals surface area contributed by atoms with Crippen molar-refractivity contribution in [3.05, 3.63) is 59.1 Å². The van der Waals surface area contributed by atoms with Gasteiger partial charge in [0.2, 0.25) is 5.88 Å². The van der Waals surface area contributed by atoms with E-state index < -0.39 is 0 Å². The first-order valence-corrected chi connectivity index (χ1v) is 5.39. The maximum atomic E-state index is 12.3. The van der Waals surface area contributed by atoms with Crippen LogP contribution < -0.4 is 5.56 Å². The van der Waals surface area contributed by atoms with E-state index in [9.17, 15) is 9.90 Å². The molecule has 1 N–H and O–H groups in total. The summed E-state index contributed by atoms with van der Waals surface area (Å²) in [6.45, 7) is 0. The SMILES string of the molecule is O=c1c(-c2ccccn2)c(O)nc2ccccn12. The van der Waals surface area contributed by atoms with Crippen molar-refractivity contribution in [2.45, 2.75) is 0 Å². The summed E-state index contributed by atoms with van der Waals surface area (Å²) in [5, 5.41) is 9.88. The van der Waals surface area contributed by atoms with Gasteiger partial charge in [0, 0.05) is 12.4 Å². The van der Waals surface area contributed by atoms with E-state index in [1.165, 1.54) is 4.40 Å². The molecule has 3 aromatic rings. The Hall–Kier alpha value is -2.69. The molecule has 0 aliphatic heterocycles. The van der Waals surface area contributed by atoms with Crippen molar-refractivity contribution in [3.8, 4) is 17.1 Å². The van der Waals surface area contributed by atoms with Crippen LogP contribution in [0.1, 0.15) is 0 Å². The Morgan fingerprint density at radius 1 is 1.11 bits per heavy atom. The van der Waals surface area contributed by atoms with Crippen LogP contribution in [0.2, 0.25) is 0 Å². The van der Waals surface area contributed by atoms with Gasteiger partial charge < -0.3 is 5.11 Å². The standard InChI is InChI=1S/C13H9N3O2/c17-12-11(9-5-1-3-7-14-9)13(18)16-8-4-2-6-10(16)15-12/h1-8,17H. The largest absolute Gasteiger partial charge is 0.493 e. The number of hydrogen-bond acceptors (Lipinski definition) is 4. The molecule has 3 rings (SSSR count). The normalized spacial score (nSPS) is 10.7. The van der Waals surface area contributed by atoms with Crippen LogP contribution in [0.3, 0.4) is 0 Å². The molecule has 0 aromatic carbocycles. The van der Waals surface area contributed by atoms with Crippen molar-refractivity contribution in [1.82, 2.24) is 14.4 Å². The first kappa shape index (κ1) is 10.5. The zero-order chi connectivity index (χ0) is 12.5. The predicted octanol–water partition coefficient (Wildman–Crippen LogP) is 1.46. The molecule has 88 valence electrons. The monoisotopic (exact) mass is 239 g/mol. The first-order chi connectivity index (χ1) is 8.77. The van der Waals surface area contributed by atoms with Gasteiger partial charge in [-0.2, -0.15) is 4.98 Å². The Bertz CT molecular complexity index is 766. The van der Waals surface area contributed by atoms with Gasteiger partial charge in [-0.05, 0) is 24.3 Å². The first-order valence-electron chi connectivity index (χ1n) is 5.39. The summed E-state index contributed by atoms with van der Waals surface area (Å²) >= 11 is 0. The average molecular weight is 239 g/mol. The second-order valence-electron chi connectivity index (χ2n) is 3.76. The fraction of sp³-hybridized carbons (Fsp3) is 0. The van der Waals surface area contributed by atoms with Crippen LogP contribution in [0.25, 0.3) is 16.9 Å². The third-order valence-electron chi connectivity index (χ3n) is 2.64. The lowest BCUT2D eigenvalue weighted by atomic mass is 10.2. The molecule has 0 aliphatic carbocycles. The molecular weight excluding hydrogens is 230 g/mol. The third-order valence-corrected chi connectivity index (χ3v) is 2.64. The number of pyridine rings is 2. The lowest BCUT2D eigenvalue weighted by Crippen LogP contribution is -2.17. The molecular formula is C13H9N3O2. The van der Waals surface area contributed by atoms with Gasteiger partial charge in [0.05, 0.1) is 5.69 Å². The number of rotatable bonds is 1. The maximum Gasteiger partial charge on any atom is 0.271 e. The molecule has 5 heteroatoms. The van der Waals surface area contributed by atoms with E-state index >= 15 is 0 Å². The number of nitrogens with zero attached hydrogens (tertiary/aromatic N) is 3. The minimum absolute atomic E-state index is 0.110. The van der Waals surface area contributed by atoms with Crippen molar-refractivity contribution < 1.29 is 5.11 Å². The summed E-state index contributed by atoms with van der Waals surface area (Å²) in [5.74, 6) is -0.301. The molecule has 0 aliphatic rings. The summed E-state index contributed by atoms with van der Waals surface area (Å²) in [6, 6.07) is 10.3. The molecule has 0 unspecified atom stereocenters. The topological polar surface area (TPSA) is 67.5 Å². The average Bonchev–Trinajstić information content (AvgIpc) is 2.40. The highest BCUT2D eigenvalue weighted by Crippen LogP contribution is 2.21. The zero-order valence-electron chi connectivity index (χ0n) is 9.32. The van der Waals surface area contributed by atoms with Gasteiger partial charge in [0.1, 0.15) is 11.2 Å². The van der Waals surface area contributed by atoms with Gasteiger partial charge in [-0.25, -0.2) is 0 Å². The number of aromatic hydroxyl groups is 1. The van der Waals surface area contributed by atoms with Gasteiger partial charge in [-0.1, -0.05) is 12.1 Å². The van der Waals surface area contributed by atoms with E-state index in [2.05, 4.69) is 9.97 Å². The Kier molecular flexibility index (Phi) is 2.30. The lowest BCUT2D eigenvalue weighted by Gasteiger charge is -2.05. The summed E-state index contributed by atoms with van der Waals surface area (Å²) in [6.07, 6.45) is 3.17. The third kappa shape index (κ3) is 1.53. The van der Waals surface area contributed by atoms with Gasteiger partial charge in [-0.3, -0.25) is 14.2 Å². The molecule has 0 amide bonds. The second kappa shape index (κ2) is 3.96. The predicted molar refractivity (Wildman–Crippen MR) is 66.4 cm³/mol. The Labute approximate surface area is 102 Å². The van der Waals surface area contributed by atoms with E-state index in [-0.39, 0.29) is 17.0 Å². The van der Waals surface area contributed by atoms with Crippen LogP contribution in [0.5, 0.6) is 5.88 Å². The van der Waals surface area contributed by atoms with Crippen LogP contribution in [-0.2, 0) is 0 Å². The molecule has 0 atom stereocenters. The highest BCUT2D eigenvalue weighted by atomic mass is 16.3. The van der Waals surface area contributed by atoms with Crippen LogP contribution in [-0.4, -0.2) is 19.5 Å². The molecule has 3 aromatic heterocycles. The minimum Gasteiger partial charge on any atom is -0.493 e. The summed E-state index contributed by atoms with van der Waals surface area (Å²) in [7, 11) is 0. The summed E-state index contributed by atoms with van der Waals surface area (Å²) in [4.78, 5) is 20.3. The Balaban J connectivity index is 2.41. The van der Waals surface area contributed by atoms with Crippen molar-refractivity contribution >= 4 is 5.65 Å².